The molecule has 4 nitrogen and oxygen atoms in total. The van der Waals surface area contributed by atoms with E-state index in [1.165, 1.54) is 6.42 Å². The Morgan fingerprint density at radius 1 is 0.680 bits per heavy atom. The van der Waals surface area contributed by atoms with E-state index in [-0.39, 0.29) is 0 Å². The maximum Gasteiger partial charge on any atom is 0.117 e. The van der Waals surface area contributed by atoms with Crippen molar-refractivity contribution in [3.63, 3.8) is 0 Å². The Hall–Kier alpha value is -1.92. The number of thioether (sulfide) groups is 2. The number of nitrogens with one attached hydrogen (secondary N) is 2. The summed E-state index contributed by atoms with van der Waals surface area (Å²) >= 11 is 3.88. The molecular formula is C19H20N4S2. The summed E-state index contributed by atoms with van der Waals surface area (Å²) < 4.78 is 0. The van der Waals surface area contributed by atoms with Crippen LogP contribution in [0, 0.1) is 0 Å². The van der Waals surface area contributed by atoms with Gasteiger partial charge in [0.1, 0.15) is 11.6 Å². The van der Waals surface area contributed by atoms with Gasteiger partial charge in [-0.1, -0.05) is 24.3 Å². The predicted octanol–water partition coefficient (Wildman–Crippen LogP) is 5.00. The van der Waals surface area contributed by atoms with Crippen LogP contribution in [0.15, 0.2) is 48.5 Å². The van der Waals surface area contributed by atoms with E-state index in [0.29, 0.717) is 0 Å². The van der Waals surface area contributed by atoms with Crippen molar-refractivity contribution in [1.29, 1.82) is 0 Å². The summed E-state index contributed by atoms with van der Waals surface area (Å²) in [4.78, 5) is 16.0. The number of para-hydroxylation sites is 4. The second-order valence-corrected chi connectivity index (χ2v) is 8.07. The molecular weight excluding hydrogens is 348 g/mol. The highest BCUT2D eigenvalue weighted by Gasteiger charge is 2.03. The monoisotopic (exact) mass is 368 g/mol. The van der Waals surface area contributed by atoms with E-state index in [4.69, 9.17) is 0 Å². The van der Waals surface area contributed by atoms with Gasteiger partial charge in [-0.15, -0.1) is 0 Å². The molecule has 0 aliphatic carbocycles. The minimum Gasteiger partial charge on any atom is -0.341 e. The van der Waals surface area contributed by atoms with Crippen molar-refractivity contribution in [2.45, 2.75) is 17.9 Å². The summed E-state index contributed by atoms with van der Waals surface area (Å²) in [5.74, 6) is 6.35. The Morgan fingerprint density at radius 3 is 1.64 bits per heavy atom. The van der Waals surface area contributed by atoms with Gasteiger partial charge in [0.25, 0.3) is 0 Å². The lowest BCUT2D eigenvalue weighted by Gasteiger charge is -2.00. The molecule has 2 heterocycles. The van der Waals surface area contributed by atoms with Crippen molar-refractivity contribution >= 4 is 45.6 Å². The van der Waals surface area contributed by atoms with Crippen molar-refractivity contribution in [2.75, 3.05) is 11.5 Å². The normalized spacial score (nSPS) is 11.5. The molecule has 25 heavy (non-hydrogen) atoms. The maximum atomic E-state index is 4.61. The van der Waals surface area contributed by atoms with Crippen LogP contribution >= 0.6 is 23.5 Å². The zero-order chi connectivity index (χ0) is 16.9. The van der Waals surface area contributed by atoms with E-state index in [1.54, 1.807) is 0 Å². The van der Waals surface area contributed by atoms with Crippen LogP contribution < -0.4 is 0 Å². The smallest absolute Gasteiger partial charge is 0.117 e. The van der Waals surface area contributed by atoms with Crippen molar-refractivity contribution in [3.05, 3.63) is 60.2 Å². The van der Waals surface area contributed by atoms with Gasteiger partial charge < -0.3 is 9.97 Å². The number of rotatable bonds is 8. The highest BCUT2D eigenvalue weighted by molar-refractivity contribution is 7.99. The molecule has 4 aromatic rings. The highest BCUT2D eigenvalue weighted by Crippen LogP contribution is 2.18. The molecule has 0 spiro atoms. The van der Waals surface area contributed by atoms with Gasteiger partial charge in [-0.2, -0.15) is 23.5 Å². The number of aromatic amines is 2. The van der Waals surface area contributed by atoms with Crippen LogP contribution in [0.2, 0.25) is 0 Å². The summed E-state index contributed by atoms with van der Waals surface area (Å²) in [5, 5.41) is 0. The summed E-state index contributed by atoms with van der Waals surface area (Å²) in [5.41, 5.74) is 4.36. The first-order chi connectivity index (χ1) is 12.4. The Bertz CT molecular complexity index is 816. The molecule has 0 saturated carbocycles. The van der Waals surface area contributed by atoms with Crippen molar-refractivity contribution in [2.24, 2.45) is 0 Å². The molecule has 0 aliphatic heterocycles. The average Bonchev–Trinajstić information content (AvgIpc) is 3.23. The van der Waals surface area contributed by atoms with E-state index in [0.717, 1.165) is 56.7 Å². The predicted molar refractivity (Wildman–Crippen MR) is 109 cm³/mol. The van der Waals surface area contributed by atoms with Crippen LogP contribution in [0.5, 0.6) is 0 Å². The van der Waals surface area contributed by atoms with E-state index < -0.39 is 0 Å². The Labute approximate surface area is 155 Å². The molecule has 128 valence electrons. The van der Waals surface area contributed by atoms with Crippen LogP contribution in [-0.2, 0) is 11.5 Å². The van der Waals surface area contributed by atoms with Gasteiger partial charge in [-0.25, -0.2) is 9.97 Å². The quantitative estimate of drug-likeness (QED) is 0.430. The first-order valence-corrected chi connectivity index (χ1v) is 10.7. The molecule has 0 unspecified atom stereocenters. The number of nitrogens with zero attached hydrogens (tertiary/aromatic N) is 2. The third-order valence-electron chi connectivity index (χ3n) is 3.93. The van der Waals surface area contributed by atoms with Gasteiger partial charge in [-0.3, -0.25) is 0 Å². The summed E-state index contributed by atoms with van der Waals surface area (Å²) in [6, 6.07) is 16.4. The molecule has 0 saturated heterocycles. The van der Waals surface area contributed by atoms with E-state index in [2.05, 4.69) is 44.2 Å². The maximum absolute atomic E-state index is 4.61. The number of aromatic nitrogens is 4. The lowest BCUT2D eigenvalue weighted by molar-refractivity contribution is 1.09. The van der Waals surface area contributed by atoms with Crippen molar-refractivity contribution in [1.82, 2.24) is 19.9 Å². The van der Waals surface area contributed by atoms with E-state index >= 15 is 0 Å². The van der Waals surface area contributed by atoms with Gasteiger partial charge in [0, 0.05) is 0 Å². The Kier molecular flexibility index (Phi) is 5.28. The number of benzene rings is 2. The zero-order valence-corrected chi connectivity index (χ0v) is 15.5. The third-order valence-corrected chi connectivity index (χ3v) is 6.04. The summed E-state index contributed by atoms with van der Waals surface area (Å²) in [6.45, 7) is 0. The van der Waals surface area contributed by atoms with Crippen LogP contribution in [0.4, 0.5) is 0 Å². The first-order valence-electron chi connectivity index (χ1n) is 8.41. The summed E-state index contributed by atoms with van der Waals surface area (Å²) in [6.07, 6.45) is 1.20. The number of fused-ring (bicyclic) bond motifs is 2. The molecule has 0 radical (unpaired) electrons. The standard InChI is InChI=1S/C19H20N4S2/c1-2-7-15-14(6-1)20-18(21-15)12-24-10-5-11-25-13-19-22-16-8-3-4-9-17(16)23-19/h1-4,6-9H,5,10-13H2,(H,20,21)(H,22,23). The molecule has 0 bridgehead atoms. The average molecular weight is 369 g/mol. The SMILES string of the molecule is c1ccc2[nH]c(CSCCCSCc3nc4ccccc4[nH]3)nc2c1. The number of hydrogen-bond acceptors (Lipinski definition) is 4. The van der Waals surface area contributed by atoms with Crippen LogP contribution in [0.3, 0.4) is 0 Å². The second kappa shape index (κ2) is 7.97. The minimum absolute atomic E-state index is 0.947. The minimum atomic E-state index is 0.947. The van der Waals surface area contributed by atoms with Crippen LogP contribution in [-0.4, -0.2) is 31.4 Å². The molecule has 0 fully saturated rings. The molecule has 2 N–H and O–H groups in total. The molecule has 2 aromatic carbocycles. The number of imidazole rings is 2. The molecule has 0 amide bonds. The first kappa shape index (κ1) is 16.5. The van der Waals surface area contributed by atoms with E-state index in [1.807, 2.05) is 47.8 Å². The molecule has 0 aliphatic rings. The highest BCUT2D eigenvalue weighted by atomic mass is 32.2. The topological polar surface area (TPSA) is 57.4 Å². The van der Waals surface area contributed by atoms with Gasteiger partial charge in [-0.05, 0) is 42.2 Å². The molecule has 2 aromatic heterocycles. The lowest BCUT2D eigenvalue weighted by atomic mass is 10.3. The van der Waals surface area contributed by atoms with Crippen LogP contribution in [0.1, 0.15) is 18.1 Å². The lowest BCUT2D eigenvalue weighted by Crippen LogP contribution is -1.90. The van der Waals surface area contributed by atoms with Gasteiger partial charge in [0.05, 0.1) is 33.6 Å². The van der Waals surface area contributed by atoms with Crippen molar-refractivity contribution < 1.29 is 0 Å². The van der Waals surface area contributed by atoms with Gasteiger partial charge >= 0.3 is 0 Å². The summed E-state index contributed by atoms with van der Waals surface area (Å²) in [7, 11) is 0. The zero-order valence-electron chi connectivity index (χ0n) is 13.9. The fraction of sp³-hybridized carbons (Fsp3) is 0.263. The third kappa shape index (κ3) is 4.19. The number of H-pyrrole nitrogens is 2. The van der Waals surface area contributed by atoms with Crippen LogP contribution in [0.25, 0.3) is 22.1 Å². The van der Waals surface area contributed by atoms with Gasteiger partial charge in [0.2, 0.25) is 0 Å². The van der Waals surface area contributed by atoms with Crippen molar-refractivity contribution in [3.8, 4) is 0 Å². The molecule has 0 atom stereocenters. The van der Waals surface area contributed by atoms with E-state index in [9.17, 15) is 0 Å². The van der Waals surface area contributed by atoms with Gasteiger partial charge in [0.15, 0.2) is 0 Å². The fourth-order valence-electron chi connectivity index (χ4n) is 2.75. The fourth-order valence-corrected chi connectivity index (χ4v) is 4.58. The molecule has 4 rings (SSSR count). The Balaban J connectivity index is 1.15. The second-order valence-electron chi connectivity index (χ2n) is 5.86. The largest absolute Gasteiger partial charge is 0.341 e. The molecule has 6 heteroatoms. The number of hydrogen-bond donors (Lipinski definition) is 2. The Morgan fingerprint density at radius 2 is 1.16 bits per heavy atom.